The lowest BCUT2D eigenvalue weighted by atomic mass is 10.2. The van der Waals surface area contributed by atoms with E-state index in [2.05, 4.69) is 0 Å². The van der Waals surface area contributed by atoms with Crippen molar-refractivity contribution in [3.05, 3.63) is 35.4 Å². The molecule has 0 N–H and O–H groups in total. The maximum Gasteiger partial charge on any atom is 0.216 e. The molecule has 0 nitrogen and oxygen atoms in total. The van der Waals surface area contributed by atoms with Gasteiger partial charge in [0.25, 0.3) is 0 Å². The molecule has 0 unspecified atom stereocenters. The Morgan fingerprint density at radius 3 is 1.83 bits per heavy atom. The molecule has 0 saturated carbocycles. The number of hydrogen-bond acceptors (Lipinski definition) is 0. The van der Waals surface area contributed by atoms with Crippen molar-refractivity contribution >= 4 is 34.8 Å². The fraction of sp³-hybridized carbons (Fsp3) is 0.143. The lowest BCUT2D eigenvalue weighted by Gasteiger charge is -2.10. The topological polar surface area (TPSA) is 0 Å². The van der Waals surface area contributed by atoms with E-state index in [1.807, 2.05) is 0 Å². The van der Waals surface area contributed by atoms with E-state index in [0.29, 0.717) is 0 Å². The minimum absolute atomic E-state index is 0.0544. The molecule has 0 fully saturated rings. The largest absolute Gasteiger partial charge is 0.216 e. The van der Waals surface area contributed by atoms with Gasteiger partial charge in [0.1, 0.15) is 11.6 Å². The van der Waals surface area contributed by atoms with Gasteiger partial charge in [-0.1, -0.05) is 34.8 Å². The Balaban J connectivity index is 3.18. The fourth-order valence-corrected chi connectivity index (χ4v) is 0.992. The van der Waals surface area contributed by atoms with Gasteiger partial charge in [-0.2, -0.15) is 0 Å². The van der Waals surface area contributed by atoms with Crippen LogP contribution in [-0.2, 0) is 3.79 Å². The molecule has 0 atom stereocenters. The molecule has 1 rings (SSSR count). The minimum Gasteiger partial charge on any atom is -0.206 e. The first-order chi connectivity index (χ1) is 5.39. The minimum atomic E-state index is -1.81. The molecule has 0 saturated heterocycles. The molecular formula is C7H2Cl3F2. The van der Waals surface area contributed by atoms with Crippen LogP contribution in [0.5, 0.6) is 0 Å². The van der Waals surface area contributed by atoms with Gasteiger partial charge in [-0.05, 0) is 12.1 Å². The molecule has 1 radical (unpaired) electrons. The van der Waals surface area contributed by atoms with Gasteiger partial charge in [0.05, 0.1) is 6.07 Å². The lowest BCUT2D eigenvalue weighted by molar-refractivity contribution is 0.576. The zero-order valence-corrected chi connectivity index (χ0v) is 7.81. The standard InChI is InChI=1S/C7H2Cl3F2/c8-7(9,10)4-1-5(11)3-6(12)2-4/h1-2H. The van der Waals surface area contributed by atoms with E-state index in [1.165, 1.54) is 0 Å². The van der Waals surface area contributed by atoms with Crippen LogP contribution in [0.15, 0.2) is 12.1 Å². The first kappa shape index (κ1) is 10.0. The van der Waals surface area contributed by atoms with Crippen molar-refractivity contribution in [1.29, 1.82) is 0 Å². The van der Waals surface area contributed by atoms with Crippen LogP contribution < -0.4 is 0 Å². The Morgan fingerprint density at radius 1 is 1.08 bits per heavy atom. The monoisotopic (exact) mass is 229 g/mol. The molecule has 0 amide bonds. The zero-order chi connectivity index (χ0) is 9.35. The van der Waals surface area contributed by atoms with Crippen LogP contribution in [0, 0.1) is 17.7 Å². The average molecular weight is 230 g/mol. The average Bonchev–Trinajstić information content (AvgIpc) is 1.82. The first-order valence-electron chi connectivity index (χ1n) is 2.85. The third-order valence-corrected chi connectivity index (χ3v) is 1.79. The second kappa shape index (κ2) is 3.36. The van der Waals surface area contributed by atoms with Gasteiger partial charge in [0, 0.05) is 5.56 Å². The van der Waals surface area contributed by atoms with Crippen LogP contribution in [-0.4, -0.2) is 0 Å². The summed E-state index contributed by atoms with van der Waals surface area (Å²) in [7, 11) is 0. The maximum absolute atomic E-state index is 12.5. The summed E-state index contributed by atoms with van der Waals surface area (Å²) in [5.41, 5.74) is -0.0544. The quantitative estimate of drug-likeness (QED) is 0.598. The van der Waals surface area contributed by atoms with Crippen LogP contribution in [0.2, 0.25) is 0 Å². The third-order valence-electron chi connectivity index (χ3n) is 1.13. The normalized spacial score (nSPS) is 11.8. The lowest BCUT2D eigenvalue weighted by Crippen LogP contribution is -2.01. The van der Waals surface area contributed by atoms with Crippen LogP contribution in [0.3, 0.4) is 0 Å². The first-order valence-corrected chi connectivity index (χ1v) is 3.98. The van der Waals surface area contributed by atoms with E-state index in [-0.39, 0.29) is 5.56 Å². The molecule has 5 heteroatoms. The zero-order valence-electron chi connectivity index (χ0n) is 5.54. The summed E-state index contributed by atoms with van der Waals surface area (Å²) in [6.07, 6.45) is 0. The summed E-state index contributed by atoms with van der Waals surface area (Å²) in [5.74, 6) is -1.78. The van der Waals surface area contributed by atoms with Gasteiger partial charge in [-0.3, -0.25) is 0 Å². The highest BCUT2D eigenvalue weighted by Crippen LogP contribution is 2.38. The van der Waals surface area contributed by atoms with Gasteiger partial charge in [0.15, 0.2) is 0 Å². The summed E-state index contributed by atoms with van der Waals surface area (Å²) in [6.45, 7) is 0. The van der Waals surface area contributed by atoms with Crippen LogP contribution in [0.25, 0.3) is 0 Å². The summed E-state index contributed by atoms with van der Waals surface area (Å²) in [5, 5.41) is 0. The van der Waals surface area contributed by atoms with E-state index in [0.717, 1.165) is 12.1 Å². The van der Waals surface area contributed by atoms with Crippen molar-refractivity contribution in [1.82, 2.24) is 0 Å². The summed E-state index contributed by atoms with van der Waals surface area (Å²) >= 11 is 16.2. The second-order valence-corrected chi connectivity index (χ2v) is 4.34. The molecule has 1 aromatic rings. The van der Waals surface area contributed by atoms with E-state index >= 15 is 0 Å². The molecule has 0 heterocycles. The van der Waals surface area contributed by atoms with Crippen molar-refractivity contribution in [3.63, 3.8) is 0 Å². The number of halogens is 5. The SMILES string of the molecule is Fc1[c]c(F)cc(C(Cl)(Cl)Cl)c1. The van der Waals surface area contributed by atoms with E-state index in [9.17, 15) is 8.78 Å². The predicted octanol–water partition coefficient (Wildman–Crippen LogP) is 3.59. The molecule has 0 bridgehead atoms. The summed E-state index contributed by atoms with van der Waals surface area (Å²) in [4.78, 5) is 0. The summed E-state index contributed by atoms with van der Waals surface area (Å²) < 4.78 is 23.2. The molecule has 65 valence electrons. The van der Waals surface area contributed by atoms with Gasteiger partial charge in [0.2, 0.25) is 3.79 Å². The van der Waals surface area contributed by atoms with E-state index in [4.69, 9.17) is 34.8 Å². The van der Waals surface area contributed by atoms with Crippen molar-refractivity contribution in [2.75, 3.05) is 0 Å². The molecule has 0 aliphatic rings. The molecule has 0 aromatic heterocycles. The molecule has 12 heavy (non-hydrogen) atoms. The van der Waals surface area contributed by atoms with Gasteiger partial charge < -0.3 is 0 Å². The maximum atomic E-state index is 12.5. The molecular weight excluding hydrogens is 228 g/mol. The van der Waals surface area contributed by atoms with E-state index < -0.39 is 15.4 Å². The van der Waals surface area contributed by atoms with Crippen LogP contribution in [0.4, 0.5) is 8.78 Å². The Labute approximate surface area is 83.0 Å². The number of hydrogen-bond donors (Lipinski definition) is 0. The molecule has 1 aromatic carbocycles. The van der Waals surface area contributed by atoms with Crippen LogP contribution >= 0.6 is 34.8 Å². The van der Waals surface area contributed by atoms with Gasteiger partial charge in [-0.25, -0.2) is 8.78 Å². The highest BCUT2D eigenvalue weighted by atomic mass is 35.6. The number of rotatable bonds is 0. The smallest absolute Gasteiger partial charge is 0.206 e. The van der Waals surface area contributed by atoms with Crippen LogP contribution in [0.1, 0.15) is 5.56 Å². The van der Waals surface area contributed by atoms with E-state index in [1.54, 1.807) is 6.07 Å². The van der Waals surface area contributed by atoms with Gasteiger partial charge >= 0.3 is 0 Å². The van der Waals surface area contributed by atoms with Crippen molar-refractivity contribution in [3.8, 4) is 0 Å². The Morgan fingerprint density at radius 2 is 1.50 bits per heavy atom. The molecule has 0 spiro atoms. The molecule has 0 aliphatic carbocycles. The third kappa shape index (κ3) is 2.47. The Kier molecular flexibility index (Phi) is 2.81. The number of benzene rings is 1. The Hall–Kier alpha value is -0.0500. The number of alkyl halides is 3. The second-order valence-electron chi connectivity index (χ2n) is 2.06. The molecule has 0 aliphatic heterocycles. The van der Waals surface area contributed by atoms with Crippen molar-refractivity contribution < 1.29 is 8.78 Å². The van der Waals surface area contributed by atoms with Gasteiger partial charge in [-0.15, -0.1) is 0 Å². The summed E-state index contributed by atoms with van der Waals surface area (Å²) in [6, 6.07) is 3.60. The van der Waals surface area contributed by atoms with Crippen molar-refractivity contribution in [2.45, 2.75) is 3.79 Å². The Bertz CT molecular complexity index is 273. The highest BCUT2D eigenvalue weighted by molar-refractivity contribution is 6.66. The fourth-order valence-electron chi connectivity index (χ4n) is 0.665. The highest BCUT2D eigenvalue weighted by Gasteiger charge is 2.24. The van der Waals surface area contributed by atoms with Crippen molar-refractivity contribution in [2.24, 2.45) is 0 Å². The predicted molar refractivity (Wildman–Crippen MR) is 44.4 cm³/mol.